The second-order valence-corrected chi connectivity index (χ2v) is 7.16. The molecular formula is C21H20N2O3S. The maximum Gasteiger partial charge on any atom is 0.257 e. The van der Waals surface area contributed by atoms with Crippen molar-refractivity contribution in [3.63, 3.8) is 0 Å². The number of ether oxygens (including phenoxy) is 1. The zero-order valence-electron chi connectivity index (χ0n) is 14.7. The molecule has 6 heteroatoms. The monoisotopic (exact) mass is 380 g/mol. The molecule has 1 heterocycles. The smallest absolute Gasteiger partial charge is 0.257 e. The first kappa shape index (κ1) is 17.7. The van der Waals surface area contributed by atoms with Crippen LogP contribution in [0.3, 0.4) is 0 Å². The van der Waals surface area contributed by atoms with Crippen molar-refractivity contribution >= 4 is 34.3 Å². The van der Waals surface area contributed by atoms with E-state index in [9.17, 15) is 9.90 Å². The van der Waals surface area contributed by atoms with E-state index in [4.69, 9.17) is 4.74 Å². The minimum atomic E-state index is -0.158. The van der Waals surface area contributed by atoms with E-state index >= 15 is 0 Å². The van der Waals surface area contributed by atoms with E-state index in [0.29, 0.717) is 37.3 Å². The second-order valence-electron chi connectivity index (χ2n) is 6.28. The van der Waals surface area contributed by atoms with E-state index in [0.717, 1.165) is 16.0 Å². The van der Waals surface area contributed by atoms with Crippen LogP contribution in [-0.4, -0.2) is 42.2 Å². The predicted molar refractivity (Wildman–Crippen MR) is 108 cm³/mol. The lowest BCUT2D eigenvalue weighted by Crippen LogP contribution is -2.40. The van der Waals surface area contributed by atoms with Crippen LogP contribution >= 0.6 is 11.9 Å². The molecule has 0 aliphatic carbocycles. The standard InChI is InChI=1S/C21H20N2O3S/c24-20-17-7-4-8-19(22-27-15-5-2-1-3-6-15)16(17)9-10-18(20)21(25)23-11-13-26-14-12-23/h1-10,22,24H,11-14H2. The molecule has 3 aromatic rings. The van der Waals surface area contributed by atoms with E-state index in [1.807, 2.05) is 54.6 Å². The van der Waals surface area contributed by atoms with Gasteiger partial charge in [-0.05, 0) is 36.2 Å². The Kier molecular flexibility index (Phi) is 5.18. The molecule has 1 aliphatic heterocycles. The molecule has 1 saturated heterocycles. The molecule has 4 rings (SSSR count). The van der Waals surface area contributed by atoms with Crippen LogP contribution in [0.25, 0.3) is 10.8 Å². The molecule has 0 spiro atoms. The number of hydrogen-bond acceptors (Lipinski definition) is 5. The molecule has 138 valence electrons. The Morgan fingerprint density at radius 2 is 1.74 bits per heavy atom. The van der Waals surface area contributed by atoms with Gasteiger partial charge in [0.15, 0.2) is 0 Å². The van der Waals surface area contributed by atoms with Crippen LogP contribution in [0.1, 0.15) is 10.4 Å². The molecule has 0 atom stereocenters. The number of nitrogens with one attached hydrogen (secondary N) is 1. The number of nitrogens with zero attached hydrogens (tertiary/aromatic N) is 1. The number of anilines is 1. The molecule has 5 nitrogen and oxygen atoms in total. The van der Waals surface area contributed by atoms with Crippen molar-refractivity contribution < 1.29 is 14.6 Å². The van der Waals surface area contributed by atoms with Gasteiger partial charge in [0.05, 0.1) is 24.5 Å². The van der Waals surface area contributed by atoms with Crippen molar-refractivity contribution in [1.82, 2.24) is 4.90 Å². The average molecular weight is 380 g/mol. The second kappa shape index (κ2) is 7.90. The number of aromatic hydroxyl groups is 1. The molecule has 2 N–H and O–H groups in total. The number of carbonyl (C=O) groups is 1. The van der Waals surface area contributed by atoms with Gasteiger partial charge in [0.1, 0.15) is 5.75 Å². The summed E-state index contributed by atoms with van der Waals surface area (Å²) < 4.78 is 8.64. The van der Waals surface area contributed by atoms with E-state index in [-0.39, 0.29) is 11.7 Å². The number of phenols is 1. The number of morpholine rings is 1. The molecule has 1 fully saturated rings. The highest BCUT2D eigenvalue weighted by Crippen LogP contribution is 2.35. The first-order valence-electron chi connectivity index (χ1n) is 8.83. The quantitative estimate of drug-likeness (QED) is 0.666. The summed E-state index contributed by atoms with van der Waals surface area (Å²) in [6, 6.07) is 19.3. The van der Waals surface area contributed by atoms with Crippen LogP contribution < -0.4 is 4.72 Å². The molecule has 1 amide bonds. The zero-order chi connectivity index (χ0) is 18.6. The summed E-state index contributed by atoms with van der Waals surface area (Å²) in [6.45, 7) is 2.16. The third-order valence-electron chi connectivity index (χ3n) is 4.58. The van der Waals surface area contributed by atoms with E-state index in [1.54, 1.807) is 11.0 Å². The Balaban J connectivity index is 1.62. The van der Waals surface area contributed by atoms with Gasteiger partial charge < -0.3 is 19.5 Å². The molecule has 0 aromatic heterocycles. The normalized spacial score (nSPS) is 14.3. The maximum atomic E-state index is 12.8. The Morgan fingerprint density at radius 3 is 2.52 bits per heavy atom. The molecule has 0 bridgehead atoms. The minimum Gasteiger partial charge on any atom is -0.506 e. The van der Waals surface area contributed by atoms with Crippen LogP contribution in [0.5, 0.6) is 5.75 Å². The fourth-order valence-corrected chi connectivity index (χ4v) is 3.84. The number of benzene rings is 3. The van der Waals surface area contributed by atoms with Crippen molar-refractivity contribution in [1.29, 1.82) is 0 Å². The number of phenolic OH excluding ortho intramolecular Hbond substituents is 1. The lowest BCUT2D eigenvalue weighted by molar-refractivity contribution is 0.0301. The van der Waals surface area contributed by atoms with Gasteiger partial charge in [-0.3, -0.25) is 4.79 Å². The highest BCUT2D eigenvalue weighted by Gasteiger charge is 2.22. The van der Waals surface area contributed by atoms with Crippen LogP contribution in [0.15, 0.2) is 65.6 Å². The third-order valence-corrected chi connectivity index (χ3v) is 5.41. The molecule has 27 heavy (non-hydrogen) atoms. The molecule has 0 unspecified atom stereocenters. The van der Waals surface area contributed by atoms with Gasteiger partial charge in [0, 0.05) is 28.8 Å². The number of hydrogen-bond donors (Lipinski definition) is 2. The van der Waals surface area contributed by atoms with E-state index in [1.165, 1.54) is 11.9 Å². The Morgan fingerprint density at radius 1 is 0.963 bits per heavy atom. The average Bonchev–Trinajstić information content (AvgIpc) is 2.73. The molecule has 0 saturated carbocycles. The highest BCUT2D eigenvalue weighted by molar-refractivity contribution is 8.00. The van der Waals surface area contributed by atoms with Gasteiger partial charge in [0.2, 0.25) is 0 Å². The summed E-state index contributed by atoms with van der Waals surface area (Å²) in [4.78, 5) is 15.6. The van der Waals surface area contributed by atoms with Gasteiger partial charge in [-0.25, -0.2) is 0 Å². The van der Waals surface area contributed by atoms with E-state index < -0.39 is 0 Å². The maximum absolute atomic E-state index is 12.8. The lowest BCUT2D eigenvalue weighted by Gasteiger charge is -2.27. The molecule has 3 aromatic carbocycles. The Hall–Kier alpha value is -2.70. The fraction of sp³-hybridized carbons (Fsp3) is 0.190. The largest absolute Gasteiger partial charge is 0.506 e. The lowest BCUT2D eigenvalue weighted by atomic mass is 10.0. The number of fused-ring (bicyclic) bond motifs is 1. The van der Waals surface area contributed by atoms with Crippen LogP contribution in [0.2, 0.25) is 0 Å². The van der Waals surface area contributed by atoms with Crippen molar-refractivity contribution in [3.05, 3.63) is 66.2 Å². The SMILES string of the molecule is O=C(c1ccc2c(NSc3ccccc3)cccc2c1O)N1CCOCC1. The van der Waals surface area contributed by atoms with Crippen LogP contribution in [-0.2, 0) is 4.74 Å². The van der Waals surface area contributed by atoms with Gasteiger partial charge in [-0.2, -0.15) is 0 Å². The first-order chi connectivity index (χ1) is 13.2. The first-order valence-corrected chi connectivity index (χ1v) is 9.65. The summed E-state index contributed by atoms with van der Waals surface area (Å²) in [5, 5.41) is 12.3. The predicted octanol–water partition coefficient (Wildman–Crippen LogP) is 4.14. The van der Waals surface area contributed by atoms with E-state index in [2.05, 4.69) is 4.72 Å². The van der Waals surface area contributed by atoms with Crippen molar-refractivity contribution in [2.45, 2.75) is 4.90 Å². The Bertz CT molecular complexity index is 956. The van der Waals surface area contributed by atoms with Crippen LogP contribution in [0.4, 0.5) is 5.69 Å². The Labute approximate surface area is 162 Å². The van der Waals surface area contributed by atoms with Gasteiger partial charge in [-0.15, -0.1) is 0 Å². The van der Waals surface area contributed by atoms with Crippen molar-refractivity contribution in [2.24, 2.45) is 0 Å². The molecular weight excluding hydrogens is 360 g/mol. The number of carbonyl (C=O) groups excluding carboxylic acids is 1. The van der Waals surface area contributed by atoms with Gasteiger partial charge in [-0.1, -0.05) is 36.4 Å². The molecule has 0 radical (unpaired) electrons. The third kappa shape index (κ3) is 3.72. The highest BCUT2D eigenvalue weighted by atomic mass is 32.2. The summed E-state index contributed by atoms with van der Waals surface area (Å²) in [5.74, 6) is -0.132. The van der Waals surface area contributed by atoms with Crippen LogP contribution in [0, 0.1) is 0 Å². The topological polar surface area (TPSA) is 61.8 Å². The number of rotatable bonds is 4. The summed E-state index contributed by atoms with van der Waals surface area (Å²) in [6.07, 6.45) is 0. The zero-order valence-corrected chi connectivity index (χ0v) is 15.5. The summed E-state index contributed by atoms with van der Waals surface area (Å²) in [7, 11) is 0. The van der Waals surface area contributed by atoms with Crippen molar-refractivity contribution in [3.8, 4) is 5.75 Å². The summed E-state index contributed by atoms with van der Waals surface area (Å²) in [5.41, 5.74) is 1.22. The summed E-state index contributed by atoms with van der Waals surface area (Å²) >= 11 is 1.51. The van der Waals surface area contributed by atoms with Gasteiger partial charge >= 0.3 is 0 Å². The fourth-order valence-electron chi connectivity index (χ4n) is 3.14. The molecule has 1 aliphatic rings. The minimum absolute atomic E-state index is 0.0253. The van der Waals surface area contributed by atoms with Crippen molar-refractivity contribution in [2.75, 3.05) is 31.0 Å². The van der Waals surface area contributed by atoms with Gasteiger partial charge in [0.25, 0.3) is 5.91 Å². The number of amides is 1.